The summed E-state index contributed by atoms with van der Waals surface area (Å²) in [6.45, 7) is 3.19. The molecule has 0 aliphatic carbocycles. The van der Waals surface area contributed by atoms with Gasteiger partial charge in [-0.3, -0.25) is 9.59 Å². The molecule has 0 saturated carbocycles. The van der Waals surface area contributed by atoms with Gasteiger partial charge in [-0.15, -0.1) is 0 Å². The summed E-state index contributed by atoms with van der Waals surface area (Å²) in [4.78, 5) is 32.8. The standard InChI is InChI=1S/C10H18N2O5/c1-3-10(2,11)9(17)12-6(8(15)16)4-5-7(13)14/h6H,3-5,11H2,1-2H3,(H,12,17)(H,13,14)(H,15,16)/t6-,10-/m0/s1. The van der Waals surface area contributed by atoms with E-state index in [1.54, 1.807) is 6.92 Å². The number of carbonyl (C=O) groups excluding carboxylic acids is 1. The molecule has 0 saturated heterocycles. The number of hydrogen-bond acceptors (Lipinski definition) is 4. The maximum absolute atomic E-state index is 11.6. The van der Waals surface area contributed by atoms with E-state index in [9.17, 15) is 14.4 Å². The zero-order chi connectivity index (χ0) is 13.6. The third kappa shape index (κ3) is 5.30. The van der Waals surface area contributed by atoms with Gasteiger partial charge in [0.2, 0.25) is 5.91 Å². The number of aliphatic carboxylic acids is 2. The zero-order valence-corrected chi connectivity index (χ0v) is 9.90. The van der Waals surface area contributed by atoms with Gasteiger partial charge in [-0.05, 0) is 19.8 Å². The predicted molar refractivity (Wildman–Crippen MR) is 59.3 cm³/mol. The molecule has 0 bridgehead atoms. The Morgan fingerprint density at radius 3 is 2.24 bits per heavy atom. The van der Waals surface area contributed by atoms with Crippen molar-refractivity contribution in [2.75, 3.05) is 0 Å². The SMILES string of the molecule is CC[C@](C)(N)C(=O)N[C@@H](CCC(=O)O)C(=O)O. The molecule has 0 spiro atoms. The first-order valence-electron chi connectivity index (χ1n) is 5.25. The number of amides is 1. The average molecular weight is 246 g/mol. The van der Waals surface area contributed by atoms with Crippen LogP contribution in [0.4, 0.5) is 0 Å². The molecule has 0 aromatic rings. The Balaban J connectivity index is 4.50. The molecule has 0 aromatic heterocycles. The van der Waals surface area contributed by atoms with Gasteiger partial charge >= 0.3 is 11.9 Å². The lowest BCUT2D eigenvalue weighted by molar-refractivity contribution is -0.143. The quantitative estimate of drug-likeness (QED) is 0.481. The minimum Gasteiger partial charge on any atom is -0.481 e. The van der Waals surface area contributed by atoms with Gasteiger partial charge in [-0.1, -0.05) is 6.92 Å². The minimum atomic E-state index is -1.27. The molecule has 98 valence electrons. The Kier molecular flexibility index (Phi) is 5.60. The van der Waals surface area contributed by atoms with E-state index in [1.807, 2.05) is 0 Å². The van der Waals surface area contributed by atoms with Crippen molar-refractivity contribution in [3.05, 3.63) is 0 Å². The van der Waals surface area contributed by atoms with Gasteiger partial charge in [-0.25, -0.2) is 4.79 Å². The van der Waals surface area contributed by atoms with Crippen molar-refractivity contribution in [3.8, 4) is 0 Å². The fourth-order valence-corrected chi connectivity index (χ4v) is 1.01. The maximum atomic E-state index is 11.6. The average Bonchev–Trinajstić information content (AvgIpc) is 2.22. The van der Waals surface area contributed by atoms with Gasteiger partial charge in [0.05, 0.1) is 5.54 Å². The van der Waals surface area contributed by atoms with Crippen LogP contribution in [-0.2, 0) is 14.4 Å². The van der Waals surface area contributed by atoms with Crippen LogP contribution in [0.25, 0.3) is 0 Å². The van der Waals surface area contributed by atoms with E-state index in [0.717, 1.165) is 0 Å². The molecule has 17 heavy (non-hydrogen) atoms. The Morgan fingerprint density at radius 1 is 1.35 bits per heavy atom. The molecule has 7 heteroatoms. The summed E-state index contributed by atoms with van der Waals surface area (Å²) in [6, 6.07) is -1.23. The monoisotopic (exact) mass is 246 g/mol. The summed E-state index contributed by atoms with van der Waals surface area (Å²) in [5.74, 6) is -2.99. The highest BCUT2D eigenvalue weighted by atomic mass is 16.4. The molecule has 0 rings (SSSR count). The van der Waals surface area contributed by atoms with E-state index in [-0.39, 0.29) is 12.8 Å². The van der Waals surface area contributed by atoms with Crippen molar-refractivity contribution in [2.45, 2.75) is 44.7 Å². The van der Waals surface area contributed by atoms with Gasteiger partial charge < -0.3 is 21.3 Å². The van der Waals surface area contributed by atoms with Crippen molar-refractivity contribution >= 4 is 17.8 Å². The predicted octanol–water partition coefficient (Wildman–Crippen LogP) is -0.452. The first kappa shape index (κ1) is 15.4. The lowest BCUT2D eigenvalue weighted by Gasteiger charge is -2.24. The Hall–Kier alpha value is -1.63. The van der Waals surface area contributed by atoms with E-state index in [4.69, 9.17) is 15.9 Å². The molecule has 0 unspecified atom stereocenters. The van der Waals surface area contributed by atoms with Gasteiger partial charge in [0.15, 0.2) is 0 Å². The van der Waals surface area contributed by atoms with Gasteiger partial charge in [-0.2, -0.15) is 0 Å². The summed E-state index contributed by atoms with van der Waals surface area (Å²) < 4.78 is 0. The number of carboxylic acid groups (broad SMARTS) is 2. The summed E-state index contributed by atoms with van der Waals surface area (Å²) in [7, 11) is 0. The van der Waals surface area contributed by atoms with Crippen molar-refractivity contribution in [1.29, 1.82) is 0 Å². The number of rotatable bonds is 7. The van der Waals surface area contributed by atoms with Crippen molar-refractivity contribution < 1.29 is 24.6 Å². The third-order valence-electron chi connectivity index (χ3n) is 2.50. The van der Waals surface area contributed by atoms with Crippen LogP contribution in [0, 0.1) is 0 Å². The molecule has 0 heterocycles. The van der Waals surface area contributed by atoms with Crippen LogP contribution in [0.3, 0.4) is 0 Å². The lowest BCUT2D eigenvalue weighted by atomic mass is 9.98. The van der Waals surface area contributed by atoms with Crippen LogP contribution < -0.4 is 11.1 Å². The third-order valence-corrected chi connectivity index (χ3v) is 2.50. The number of nitrogens with two attached hydrogens (primary N) is 1. The molecule has 0 fully saturated rings. The molecule has 7 nitrogen and oxygen atoms in total. The Bertz CT molecular complexity index is 314. The van der Waals surface area contributed by atoms with Crippen LogP contribution in [0.2, 0.25) is 0 Å². The Morgan fingerprint density at radius 2 is 1.88 bits per heavy atom. The fourth-order valence-electron chi connectivity index (χ4n) is 1.01. The summed E-state index contributed by atoms with van der Waals surface area (Å²) in [5, 5.41) is 19.5. The molecular weight excluding hydrogens is 228 g/mol. The maximum Gasteiger partial charge on any atom is 0.326 e. The van der Waals surface area contributed by atoms with E-state index in [0.29, 0.717) is 6.42 Å². The number of hydrogen-bond donors (Lipinski definition) is 4. The van der Waals surface area contributed by atoms with Crippen LogP contribution in [0.1, 0.15) is 33.1 Å². The van der Waals surface area contributed by atoms with Crippen molar-refractivity contribution in [2.24, 2.45) is 5.73 Å². The number of carboxylic acids is 2. The molecule has 0 aliphatic heterocycles. The van der Waals surface area contributed by atoms with Gasteiger partial charge in [0.25, 0.3) is 0 Å². The molecule has 0 aromatic carbocycles. The van der Waals surface area contributed by atoms with E-state index >= 15 is 0 Å². The highest BCUT2D eigenvalue weighted by Crippen LogP contribution is 2.06. The normalized spacial score (nSPS) is 15.7. The van der Waals surface area contributed by atoms with E-state index in [1.165, 1.54) is 6.92 Å². The summed E-state index contributed by atoms with van der Waals surface area (Å²) in [6.07, 6.45) is -0.148. The van der Waals surface area contributed by atoms with Gasteiger partial charge in [0, 0.05) is 6.42 Å². The molecule has 1 amide bonds. The smallest absolute Gasteiger partial charge is 0.326 e. The van der Waals surface area contributed by atoms with Crippen LogP contribution in [0.5, 0.6) is 0 Å². The second-order valence-electron chi connectivity index (χ2n) is 4.07. The van der Waals surface area contributed by atoms with Crippen LogP contribution in [0.15, 0.2) is 0 Å². The zero-order valence-electron chi connectivity index (χ0n) is 9.90. The number of carbonyl (C=O) groups is 3. The molecule has 0 aliphatic rings. The number of nitrogens with one attached hydrogen (secondary N) is 1. The Labute approximate surface area is 99.0 Å². The highest BCUT2D eigenvalue weighted by Gasteiger charge is 2.30. The molecule has 2 atom stereocenters. The summed E-state index contributed by atoms with van der Waals surface area (Å²) in [5.41, 5.74) is 4.49. The lowest BCUT2D eigenvalue weighted by Crippen LogP contribution is -2.55. The van der Waals surface area contributed by atoms with Crippen LogP contribution >= 0.6 is 0 Å². The second-order valence-corrected chi connectivity index (χ2v) is 4.07. The minimum absolute atomic E-state index is 0.170. The topological polar surface area (TPSA) is 130 Å². The fraction of sp³-hybridized carbons (Fsp3) is 0.700. The van der Waals surface area contributed by atoms with E-state index < -0.39 is 29.4 Å². The first-order chi connectivity index (χ1) is 7.70. The molecular formula is C10H18N2O5. The largest absolute Gasteiger partial charge is 0.481 e. The first-order valence-corrected chi connectivity index (χ1v) is 5.25. The highest BCUT2D eigenvalue weighted by molar-refractivity contribution is 5.89. The molecule has 5 N–H and O–H groups in total. The second kappa shape index (κ2) is 6.19. The van der Waals surface area contributed by atoms with Gasteiger partial charge in [0.1, 0.15) is 6.04 Å². The van der Waals surface area contributed by atoms with Crippen LogP contribution in [-0.4, -0.2) is 39.6 Å². The summed E-state index contributed by atoms with van der Waals surface area (Å²) >= 11 is 0. The molecule has 0 radical (unpaired) electrons. The van der Waals surface area contributed by atoms with E-state index in [2.05, 4.69) is 5.32 Å². The van der Waals surface area contributed by atoms with Crippen molar-refractivity contribution in [3.63, 3.8) is 0 Å². The van der Waals surface area contributed by atoms with Crippen molar-refractivity contribution in [1.82, 2.24) is 5.32 Å².